The predicted octanol–water partition coefficient (Wildman–Crippen LogP) is 4.93. The van der Waals surface area contributed by atoms with E-state index in [0.717, 1.165) is 30.4 Å². The van der Waals surface area contributed by atoms with Crippen molar-refractivity contribution in [2.45, 2.75) is 89.4 Å². The summed E-state index contributed by atoms with van der Waals surface area (Å²) in [6.45, 7) is 7.23. The summed E-state index contributed by atoms with van der Waals surface area (Å²) in [6, 6.07) is 0. The number of likely N-dealkylation sites (tertiary alicyclic amines) is 1. The van der Waals surface area contributed by atoms with E-state index in [2.05, 4.69) is 22.6 Å². The first-order chi connectivity index (χ1) is 10.8. The number of carbonyl (C=O) groups is 1. The second-order valence-corrected chi connectivity index (χ2v) is 8.78. The van der Waals surface area contributed by atoms with E-state index in [9.17, 15) is 4.79 Å². The molecule has 23 heavy (non-hydrogen) atoms. The van der Waals surface area contributed by atoms with Crippen LogP contribution in [0.2, 0.25) is 0 Å². The van der Waals surface area contributed by atoms with Crippen LogP contribution in [0.5, 0.6) is 0 Å². The van der Waals surface area contributed by atoms with Crippen molar-refractivity contribution in [2.75, 3.05) is 17.5 Å². The monoisotopic (exact) mass is 437 g/mol. The van der Waals surface area contributed by atoms with Crippen molar-refractivity contribution in [2.24, 2.45) is 0 Å². The summed E-state index contributed by atoms with van der Waals surface area (Å²) in [5.74, 6) is 0. The van der Waals surface area contributed by atoms with Gasteiger partial charge in [-0.15, -0.1) is 0 Å². The van der Waals surface area contributed by atoms with E-state index in [1.807, 2.05) is 25.7 Å². The molecular weight excluding hydrogens is 405 g/mol. The lowest BCUT2D eigenvalue weighted by molar-refractivity contribution is -0.110. The zero-order valence-corrected chi connectivity index (χ0v) is 17.1. The quantitative estimate of drug-likeness (QED) is 0.357. The van der Waals surface area contributed by atoms with Gasteiger partial charge in [0.25, 0.3) is 0 Å². The topological polar surface area (TPSA) is 38.8 Å². The highest BCUT2D eigenvalue weighted by Crippen LogP contribution is 2.33. The van der Waals surface area contributed by atoms with Gasteiger partial charge >= 0.3 is 6.09 Å². The third-order valence-electron chi connectivity index (χ3n) is 4.79. The van der Waals surface area contributed by atoms with Crippen LogP contribution in [-0.2, 0) is 9.47 Å². The van der Waals surface area contributed by atoms with E-state index in [0.29, 0.717) is 6.10 Å². The lowest BCUT2D eigenvalue weighted by atomic mass is 9.92. The molecule has 1 heterocycles. The first-order valence-corrected chi connectivity index (χ1v) is 10.6. The molecule has 0 atom stereocenters. The Morgan fingerprint density at radius 3 is 2.17 bits per heavy atom. The number of halogens is 1. The Kier molecular flexibility index (Phi) is 7.01. The van der Waals surface area contributed by atoms with Gasteiger partial charge in [-0.2, -0.15) is 0 Å². The lowest BCUT2D eigenvalue weighted by Gasteiger charge is -2.42. The normalized spacial score (nSPS) is 23.4. The molecule has 0 bridgehead atoms. The Morgan fingerprint density at radius 2 is 1.70 bits per heavy atom. The molecule has 2 rings (SSSR count). The number of ether oxygens (including phenoxy) is 2. The van der Waals surface area contributed by atoms with Crippen LogP contribution in [0.3, 0.4) is 0 Å². The van der Waals surface area contributed by atoms with E-state index < -0.39 is 5.60 Å². The van der Waals surface area contributed by atoms with Crippen molar-refractivity contribution in [3.8, 4) is 0 Å². The Hall–Kier alpha value is -0.0400. The number of nitrogens with zero attached hydrogens (tertiary/aromatic N) is 1. The van der Waals surface area contributed by atoms with Gasteiger partial charge in [-0.3, -0.25) is 0 Å². The molecule has 1 saturated heterocycles. The highest BCUT2D eigenvalue weighted by atomic mass is 127. The maximum absolute atomic E-state index is 12.2. The summed E-state index contributed by atoms with van der Waals surface area (Å²) in [5.41, 5.74) is -0.472. The summed E-state index contributed by atoms with van der Waals surface area (Å²) in [4.78, 5) is 14.0. The van der Waals surface area contributed by atoms with Crippen molar-refractivity contribution in [1.82, 2.24) is 4.90 Å². The van der Waals surface area contributed by atoms with Gasteiger partial charge in [0.2, 0.25) is 0 Å². The van der Waals surface area contributed by atoms with Gasteiger partial charge in [0, 0.05) is 17.5 Å². The smallest absolute Gasteiger partial charge is 0.410 e. The number of piperidine rings is 1. The average Bonchev–Trinajstić information content (AvgIpc) is 2.74. The molecule has 2 aliphatic rings. The van der Waals surface area contributed by atoms with Crippen molar-refractivity contribution >= 4 is 28.7 Å². The maximum Gasteiger partial charge on any atom is 0.410 e. The zero-order chi connectivity index (χ0) is 16.9. The summed E-state index contributed by atoms with van der Waals surface area (Å²) in [6.07, 6.45) is 9.78. The first-order valence-electron chi connectivity index (χ1n) is 9.05. The molecule has 0 N–H and O–H groups in total. The number of hydrogen-bond acceptors (Lipinski definition) is 3. The molecule has 0 radical (unpaired) electrons. The number of amides is 1. The van der Waals surface area contributed by atoms with Crippen molar-refractivity contribution in [1.29, 1.82) is 0 Å². The molecule has 0 aromatic rings. The molecule has 1 amide bonds. The molecule has 1 aliphatic heterocycles. The second-order valence-electron chi connectivity index (χ2n) is 8.02. The van der Waals surface area contributed by atoms with Crippen LogP contribution >= 0.6 is 22.6 Å². The van der Waals surface area contributed by atoms with E-state index in [-0.39, 0.29) is 11.7 Å². The SMILES string of the molecule is CC(C)(C)OC(=O)N1CCC(CI)(OC2CCCCCC2)CC1. The lowest BCUT2D eigenvalue weighted by Crippen LogP contribution is -2.51. The van der Waals surface area contributed by atoms with Crippen molar-refractivity contribution in [3.63, 3.8) is 0 Å². The number of alkyl halides is 1. The van der Waals surface area contributed by atoms with Crippen LogP contribution in [0, 0.1) is 0 Å². The fourth-order valence-corrected chi connectivity index (χ4v) is 4.36. The van der Waals surface area contributed by atoms with Crippen LogP contribution in [-0.4, -0.2) is 45.8 Å². The second kappa shape index (κ2) is 8.37. The summed E-state index contributed by atoms with van der Waals surface area (Å²) < 4.78 is 13.1. The maximum atomic E-state index is 12.2. The molecule has 134 valence electrons. The van der Waals surface area contributed by atoms with Crippen LogP contribution in [0.25, 0.3) is 0 Å². The number of rotatable bonds is 3. The van der Waals surface area contributed by atoms with Crippen LogP contribution in [0.1, 0.15) is 72.1 Å². The Labute approximate surface area is 154 Å². The first kappa shape index (κ1) is 19.3. The van der Waals surface area contributed by atoms with Gasteiger partial charge in [0.15, 0.2) is 0 Å². The van der Waals surface area contributed by atoms with Gasteiger partial charge < -0.3 is 14.4 Å². The average molecular weight is 437 g/mol. The van der Waals surface area contributed by atoms with Gasteiger partial charge in [0.1, 0.15) is 5.60 Å². The molecule has 2 fully saturated rings. The summed E-state index contributed by atoms with van der Waals surface area (Å²) in [5, 5.41) is 0. The minimum absolute atomic E-state index is 0.0475. The molecule has 0 unspecified atom stereocenters. The third kappa shape index (κ3) is 6.07. The van der Waals surface area contributed by atoms with Crippen molar-refractivity contribution in [3.05, 3.63) is 0 Å². The molecule has 5 heteroatoms. The molecule has 0 aromatic carbocycles. The molecule has 1 aliphatic carbocycles. The number of hydrogen-bond donors (Lipinski definition) is 0. The number of carbonyl (C=O) groups excluding carboxylic acids is 1. The van der Waals surface area contributed by atoms with E-state index in [4.69, 9.17) is 9.47 Å². The third-order valence-corrected chi connectivity index (χ3v) is 6.18. The highest BCUT2D eigenvalue weighted by Gasteiger charge is 2.39. The summed E-state index contributed by atoms with van der Waals surface area (Å²) >= 11 is 2.45. The van der Waals surface area contributed by atoms with E-state index >= 15 is 0 Å². The summed E-state index contributed by atoms with van der Waals surface area (Å²) in [7, 11) is 0. The van der Waals surface area contributed by atoms with Crippen LogP contribution in [0.4, 0.5) is 4.79 Å². The van der Waals surface area contributed by atoms with Gasteiger partial charge in [-0.25, -0.2) is 4.79 Å². The molecule has 1 saturated carbocycles. The van der Waals surface area contributed by atoms with Crippen molar-refractivity contribution < 1.29 is 14.3 Å². The Bertz CT molecular complexity index is 378. The van der Waals surface area contributed by atoms with E-state index in [1.54, 1.807) is 0 Å². The standard InChI is InChI=1S/C18H32INO3/c1-17(2,3)23-16(21)20-12-10-18(14-19,11-13-20)22-15-8-6-4-5-7-9-15/h15H,4-14H2,1-3H3. The minimum atomic E-state index is -0.425. The minimum Gasteiger partial charge on any atom is -0.444 e. The molecule has 0 spiro atoms. The Morgan fingerprint density at radius 1 is 1.13 bits per heavy atom. The molecule has 0 aromatic heterocycles. The van der Waals surface area contributed by atoms with Gasteiger partial charge in [0.05, 0.1) is 11.7 Å². The van der Waals surface area contributed by atoms with Crippen LogP contribution in [0.15, 0.2) is 0 Å². The van der Waals surface area contributed by atoms with Gasteiger partial charge in [-0.05, 0) is 46.5 Å². The van der Waals surface area contributed by atoms with E-state index in [1.165, 1.54) is 38.5 Å². The zero-order valence-electron chi connectivity index (χ0n) is 14.9. The predicted molar refractivity (Wildman–Crippen MR) is 101 cm³/mol. The molecule has 4 nitrogen and oxygen atoms in total. The fraction of sp³-hybridized carbons (Fsp3) is 0.944. The highest BCUT2D eigenvalue weighted by molar-refractivity contribution is 14.1. The Balaban J connectivity index is 1.87. The van der Waals surface area contributed by atoms with Crippen LogP contribution < -0.4 is 0 Å². The largest absolute Gasteiger partial charge is 0.444 e. The molecular formula is C18H32INO3. The fourth-order valence-electron chi connectivity index (χ4n) is 3.42. The van der Waals surface area contributed by atoms with Gasteiger partial charge in [-0.1, -0.05) is 48.3 Å².